The van der Waals surface area contributed by atoms with Gasteiger partial charge in [-0.15, -0.1) is 16.4 Å². The van der Waals surface area contributed by atoms with Gasteiger partial charge < -0.3 is 5.32 Å². The molecule has 0 bridgehead atoms. The topological polar surface area (TPSA) is 40.7 Å². The van der Waals surface area contributed by atoms with Crippen LogP contribution < -0.4 is 5.32 Å². The number of thiophene rings is 1. The molecule has 1 unspecified atom stereocenters. The Morgan fingerprint density at radius 3 is 2.80 bits per heavy atom. The van der Waals surface area contributed by atoms with E-state index in [4.69, 9.17) is 12.2 Å². The summed E-state index contributed by atoms with van der Waals surface area (Å²) < 4.78 is 0.701. The third-order valence-electron chi connectivity index (χ3n) is 1.97. The molecule has 0 fully saturated rings. The summed E-state index contributed by atoms with van der Waals surface area (Å²) in [5.41, 5.74) is 0. The standard InChI is InChI=1S/C9H11N3S3/c1-5-3-4-7(14-5)6(2)10-8-11-12-9(13)15-8/h3-4,6H,1-2H3,(H,10,11)(H,12,13). The summed E-state index contributed by atoms with van der Waals surface area (Å²) in [5.74, 6) is 0. The molecule has 2 N–H and O–H groups in total. The van der Waals surface area contributed by atoms with E-state index in [1.807, 2.05) is 0 Å². The number of aromatic amines is 1. The zero-order chi connectivity index (χ0) is 10.8. The predicted molar refractivity (Wildman–Crippen MR) is 68.4 cm³/mol. The van der Waals surface area contributed by atoms with Crippen LogP contribution in [0.25, 0.3) is 0 Å². The summed E-state index contributed by atoms with van der Waals surface area (Å²) in [7, 11) is 0. The lowest BCUT2D eigenvalue weighted by atomic mass is 10.3. The molecule has 0 saturated carbocycles. The third-order valence-corrected chi connectivity index (χ3v) is 4.17. The number of aryl methyl sites for hydroxylation is 1. The second kappa shape index (κ2) is 4.42. The molecule has 0 spiro atoms. The van der Waals surface area contributed by atoms with Crippen LogP contribution in [0.3, 0.4) is 0 Å². The van der Waals surface area contributed by atoms with Crippen molar-refractivity contribution in [2.45, 2.75) is 19.9 Å². The van der Waals surface area contributed by atoms with E-state index in [0.29, 0.717) is 3.95 Å². The van der Waals surface area contributed by atoms with Crippen molar-refractivity contribution >= 4 is 40.0 Å². The molecular formula is C9H11N3S3. The maximum absolute atomic E-state index is 4.97. The minimum Gasteiger partial charge on any atom is -0.353 e. The summed E-state index contributed by atoms with van der Waals surface area (Å²) in [5, 5.41) is 11.0. The fraction of sp³-hybridized carbons (Fsp3) is 0.333. The number of anilines is 1. The Labute approximate surface area is 101 Å². The van der Waals surface area contributed by atoms with E-state index in [1.165, 1.54) is 21.1 Å². The lowest BCUT2D eigenvalue weighted by Crippen LogP contribution is -2.04. The molecule has 2 rings (SSSR count). The molecular weight excluding hydrogens is 246 g/mol. The van der Waals surface area contributed by atoms with Crippen molar-refractivity contribution in [1.82, 2.24) is 10.2 Å². The quantitative estimate of drug-likeness (QED) is 0.823. The molecule has 0 saturated heterocycles. The fourth-order valence-electron chi connectivity index (χ4n) is 1.23. The van der Waals surface area contributed by atoms with Gasteiger partial charge in [0.05, 0.1) is 6.04 Å². The highest BCUT2D eigenvalue weighted by atomic mass is 32.1. The number of hydrogen-bond acceptors (Lipinski definition) is 5. The largest absolute Gasteiger partial charge is 0.353 e. The Morgan fingerprint density at radius 2 is 2.27 bits per heavy atom. The number of rotatable bonds is 3. The van der Waals surface area contributed by atoms with Gasteiger partial charge in [0.25, 0.3) is 0 Å². The molecule has 0 amide bonds. The van der Waals surface area contributed by atoms with E-state index >= 15 is 0 Å². The maximum Gasteiger partial charge on any atom is 0.204 e. The number of nitrogens with zero attached hydrogens (tertiary/aromatic N) is 1. The van der Waals surface area contributed by atoms with Crippen LogP contribution in [0.4, 0.5) is 5.13 Å². The first kappa shape index (κ1) is 10.8. The molecule has 80 valence electrons. The van der Waals surface area contributed by atoms with Crippen LogP contribution in [0.1, 0.15) is 22.7 Å². The zero-order valence-corrected chi connectivity index (χ0v) is 10.9. The lowest BCUT2D eigenvalue weighted by molar-refractivity contribution is 0.894. The van der Waals surface area contributed by atoms with Crippen molar-refractivity contribution in [3.63, 3.8) is 0 Å². The van der Waals surface area contributed by atoms with Crippen LogP contribution in [-0.4, -0.2) is 10.2 Å². The molecule has 3 nitrogen and oxygen atoms in total. The minimum atomic E-state index is 0.276. The molecule has 2 heterocycles. The molecule has 1 atom stereocenters. The predicted octanol–water partition coefficient (Wildman–Crippen LogP) is 3.74. The van der Waals surface area contributed by atoms with Gasteiger partial charge >= 0.3 is 0 Å². The summed E-state index contributed by atoms with van der Waals surface area (Å²) in [6, 6.07) is 4.55. The van der Waals surface area contributed by atoms with Gasteiger partial charge in [0, 0.05) is 9.75 Å². The van der Waals surface area contributed by atoms with E-state index in [9.17, 15) is 0 Å². The lowest BCUT2D eigenvalue weighted by Gasteiger charge is -2.09. The van der Waals surface area contributed by atoms with E-state index < -0.39 is 0 Å². The molecule has 0 aliphatic carbocycles. The first-order valence-corrected chi connectivity index (χ1v) is 6.57. The normalized spacial score (nSPS) is 12.7. The van der Waals surface area contributed by atoms with Gasteiger partial charge in [-0.05, 0) is 38.2 Å². The van der Waals surface area contributed by atoms with Gasteiger partial charge in [0.1, 0.15) is 0 Å². The fourth-order valence-corrected chi connectivity index (χ4v) is 2.99. The third kappa shape index (κ3) is 2.64. The van der Waals surface area contributed by atoms with E-state index in [1.54, 1.807) is 11.3 Å². The smallest absolute Gasteiger partial charge is 0.204 e. The average molecular weight is 257 g/mol. The van der Waals surface area contributed by atoms with Crippen LogP contribution in [0, 0.1) is 10.9 Å². The Hall–Kier alpha value is -0.720. The second-order valence-electron chi connectivity index (χ2n) is 3.23. The van der Waals surface area contributed by atoms with Crippen molar-refractivity contribution < 1.29 is 0 Å². The molecule has 2 aromatic rings. The van der Waals surface area contributed by atoms with Gasteiger partial charge in [0.15, 0.2) is 3.95 Å². The minimum absolute atomic E-state index is 0.276. The SMILES string of the molecule is Cc1ccc(C(C)Nc2n[nH]c(=S)s2)s1. The molecule has 0 aromatic carbocycles. The summed E-state index contributed by atoms with van der Waals surface area (Å²) >= 11 is 8.23. The highest BCUT2D eigenvalue weighted by molar-refractivity contribution is 7.73. The summed E-state index contributed by atoms with van der Waals surface area (Å²) in [4.78, 5) is 2.64. The van der Waals surface area contributed by atoms with Crippen molar-refractivity contribution in [3.8, 4) is 0 Å². The summed E-state index contributed by atoms with van der Waals surface area (Å²) in [6.07, 6.45) is 0. The van der Waals surface area contributed by atoms with Gasteiger partial charge in [-0.2, -0.15) is 0 Å². The van der Waals surface area contributed by atoms with Crippen LogP contribution >= 0.6 is 34.9 Å². The van der Waals surface area contributed by atoms with Crippen molar-refractivity contribution in [2.24, 2.45) is 0 Å². The first-order chi connectivity index (χ1) is 7.15. The monoisotopic (exact) mass is 257 g/mol. The first-order valence-electron chi connectivity index (χ1n) is 4.53. The maximum atomic E-state index is 4.97. The van der Waals surface area contributed by atoms with Crippen molar-refractivity contribution in [1.29, 1.82) is 0 Å². The Kier molecular flexibility index (Phi) is 3.18. The summed E-state index contributed by atoms with van der Waals surface area (Å²) in [6.45, 7) is 4.23. The Bertz CT molecular complexity index is 496. The van der Waals surface area contributed by atoms with Crippen LogP contribution in [-0.2, 0) is 0 Å². The molecule has 2 aromatic heterocycles. The number of aromatic nitrogens is 2. The van der Waals surface area contributed by atoms with Gasteiger partial charge in [-0.3, -0.25) is 5.10 Å². The van der Waals surface area contributed by atoms with Crippen LogP contribution in [0.5, 0.6) is 0 Å². The van der Waals surface area contributed by atoms with Crippen LogP contribution in [0.15, 0.2) is 12.1 Å². The van der Waals surface area contributed by atoms with Crippen molar-refractivity contribution in [2.75, 3.05) is 5.32 Å². The molecule has 0 aliphatic rings. The van der Waals surface area contributed by atoms with Gasteiger partial charge in [0.2, 0.25) is 5.13 Å². The highest BCUT2D eigenvalue weighted by Gasteiger charge is 2.08. The number of H-pyrrole nitrogens is 1. The van der Waals surface area contributed by atoms with Crippen LogP contribution in [0.2, 0.25) is 0 Å². The average Bonchev–Trinajstić information content (AvgIpc) is 2.75. The number of nitrogens with one attached hydrogen (secondary N) is 2. The Balaban J connectivity index is 2.10. The molecule has 0 radical (unpaired) electrons. The van der Waals surface area contributed by atoms with Crippen molar-refractivity contribution in [3.05, 3.63) is 25.8 Å². The van der Waals surface area contributed by atoms with Gasteiger partial charge in [-0.1, -0.05) is 11.3 Å². The molecule has 15 heavy (non-hydrogen) atoms. The zero-order valence-electron chi connectivity index (χ0n) is 8.40. The number of hydrogen-bond donors (Lipinski definition) is 2. The van der Waals surface area contributed by atoms with E-state index in [2.05, 4.69) is 41.5 Å². The molecule has 6 heteroatoms. The van der Waals surface area contributed by atoms with E-state index in [0.717, 1.165) is 5.13 Å². The van der Waals surface area contributed by atoms with Gasteiger partial charge in [-0.25, -0.2) is 0 Å². The highest BCUT2D eigenvalue weighted by Crippen LogP contribution is 2.26. The Morgan fingerprint density at radius 1 is 1.47 bits per heavy atom. The second-order valence-corrected chi connectivity index (χ2v) is 6.22. The molecule has 0 aliphatic heterocycles. The van der Waals surface area contributed by atoms with E-state index in [-0.39, 0.29) is 6.04 Å².